The van der Waals surface area contributed by atoms with Crippen LogP contribution in [0.15, 0.2) is 6.33 Å². The van der Waals surface area contributed by atoms with Crippen LogP contribution < -0.4 is 0 Å². The second-order valence-electron chi connectivity index (χ2n) is 8.06. The van der Waals surface area contributed by atoms with E-state index in [2.05, 4.69) is 14.9 Å². The molecule has 4 rings (SSSR count). The molecule has 0 bridgehead atoms. The third kappa shape index (κ3) is 4.20. The molecule has 1 aliphatic heterocycles. The fraction of sp³-hybridized carbons (Fsp3) is 0.700. The number of fused-ring (bicyclic) bond motifs is 2. The van der Waals surface area contributed by atoms with Gasteiger partial charge in [0.2, 0.25) is 5.91 Å². The van der Waals surface area contributed by atoms with Crippen LogP contribution in [-0.2, 0) is 26.3 Å². The number of hydrogen-bond acceptors (Lipinski definition) is 4. The molecule has 0 aromatic carbocycles. The molecule has 2 aliphatic carbocycles. The fourth-order valence-corrected chi connectivity index (χ4v) is 4.80. The number of hydrogen-bond donors (Lipinski definition) is 3. The number of nitrogens with one attached hydrogen (secondary N) is 1. The lowest BCUT2D eigenvalue weighted by Gasteiger charge is -2.52. The van der Waals surface area contributed by atoms with Gasteiger partial charge in [-0.3, -0.25) is 4.79 Å². The van der Waals surface area contributed by atoms with Gasteiger partial charge in [-0.25, -0.2) is 14.6 Å². The summed E-state index contributed by atoms with van der Waals surface area (Å²) in [5.74, 6) is -2.48. The van der Waals surface area contributed by atoms with Gasteiger partial charge in [0.25, 0.3) is 0 Å². The number of carbonyl (C=O) groups excluding carboxylic acids is 1. The molecule has 1 aromatic rings. The van der Waals surface area contributed by atoms with Crippen LogP contribution in [0.1, 0.15) is 75.6 Å². The number of nitrogens with zero attached hydrogens (tertiary/aromatic N) is 2. The van der Waals surface area contributed by atoms with Crippen molar-refractivity contribution in [3.05, 3.63) is 17.7 Å². The SMILES string of the molecule is O=C(CCC1CCCCC1)N1CCc2[nH]cnc2C12CCC2.O=C(O)C(=O)O. The van der Waals surface area contributed by atoms with E-state index in [0.29, 0.717) is 5.91 Å². The standard InChI is InChI=1S/C18H27N3O.C2H2O4/c22-16(8-7-14-5-2-1-3-6-14)21-12-9-15-17(20-13-19-15)18(21)10-4-11-18;3-1(4)2(5)6/h13-14H,1-12H2,(H,19,20);(H,3,4)(H,5,6). The maximum absolute atomic E-state index is 12.9. The predicted octanol–water partition coefficient (Wildman–Crippen LogP) is 2.69. The van der Waals surface area contributed by atoms with Gasteiger partial charge in [0, 0.05) is 25.1 Å². The Labute approximate surface area is 164 Å². The highest BCUT2D eigenvalue weighted by Crippen LogP contribution is 2.49. The summed E-state index contributed by atoms with van der Waals surface area (Å²) in [6.07, 6.45) is 14.8. The lowest BCUT2D eigenvalue weighted by Crippen LogP contribution is -2.57. The molecule has 0 atom stereocenters. The molecule has 0 unspecified atom stereocenters. The van der Waals surface area contributed by atoms with Crippen molar-refractivity contribution in [2.75, 3.05) is 6.54 Å². The number of carboxylic acids is 2. The van der Waals surface area contributed by atoms with E-state index < -0.39 is 11.9 Å². The molecule has 8 nitrogen and oxygen atoms in total. The van der Waals surface area contributed by atoms with E-state index in [4.69, 9.17) is 19.8 Å². The molecular weight excluding hydrogens is 362 g/mol. The lowest BCUT2D eigenvalue weighted by molar-refractivity contribution is -0.159. The fourth-order valence-electron chi connectivity index (χ4n) is 4.80. The van der Waals surface area contributed by atoms with Crippen LogP contribution in [0.2, 0.25) is 0 Å². The quantitative estimate of drug-likeness (QED) is 0.681. The number of rotatable bonds is 3. The van der Waals surface area contributed by atoms with Crippen LogP contribution >= 0.6 is 0 Å². The molecule has 1 aromatic heterocycles. The summed E-state index contributed by atoms with van der Waals surface area (Å²) in [5, 5.41) is 14.8. The number of imidazole rings is 1. The van der Waals surface area contributed by atoms with Gasteiger partial charge in [-0.15, -0.1) is 0 Å². The minimum Gasteiger partial charge on any atom is -0.473 e. The van der Waals surface area contributed by atoms with Crippen LogP contribution in [0.5, 0.6) is 0 Å². The third-order valence-corrected chi connectivity index (χ3v) is 6.42. The summed E-state index contributed by atoms with van der Waals surface area (Å²) < 4.78 is 0. The molecule has 0 radical (unpaired) electrons. The third-order valence-electron chi connectivity index (χ3n) is 6.42. The first-order valence-electron chi connectivity index (χ1n) is 10.2. The van der Waals surface area contributed by atoms with Crippen LogP contribution in [0.4, 0.5) is 0 Å². The number of carbonyl (C=O) groups is 3. The van der Waals surface area contributed by atoms with E-state index in [1.54, 1.807) is 6.33 Å². The van der Waals surface area contributed by atoms with Gasteiger partial charge in [-0.05, 0) is 31.6 Å². The summed E-state index contributed by atoms with van der Waals surface area (Å²) in [6.45, 7) is 0.874. The highest BCUT2D eigenvalue weighted by molar-refractivity contribution is 6.27. The van der Waals surface area contributed by atoms with E-state index in [-0.39, 0.29) is 5.54 Å². The second kappa shape index (κ2) is 8.75. The topological polar surface area (TPSA) is 124 Å². The molecule has 28 heavy (non-hydrogen) atoms. The number of aromatic amines is 1. The Morgan fingerprint density at radius 1 is 1.11 bits per heavy atom. The van der Waals surface area contributed by atoms with Crippen molar-refractivity contribution in [2.45, 2.75) is 76.2 Å². The van der Waals surface area contributed by atoms with Crippen molar-refractivity contribution in [1.29, 1.82) is 0 Å². The van der Waals surface area contributed by atoms with Crippen LogP contribution in [0, 0.1) is 5.92 Å². The van der Waals surface area contributed by atoms with Crippen molar-refractivity contribution in [3.63, 3.8) is 0 Å². The van der Waals surface area contributed by atoms with Gasteiger partial charge in [0.05, 0.1) is 17.6 Å². The summed E-state index contributed by atoms with van der Waals surface area (Å²) in [5.41, 5.74) is 2.36. The number of aliphatic carboxylic acids is 2. The number of amides is 1. The number of carboxylic acid groups (broad SMARTS) is 2. The average molecular weight is 391 g/mol. The first kappa shape index (κ1) is 20.4. The minimum atomic E-state index is -1.82. The monoisotopic (exact) mass is 391 g/mol. The molecule has 2 saturated carbocycles. The zero-order valence-corrected chi connectivity index (χ0v) is 16.2. The molecule has 1 amide bonds. The molecule has 154 valence electrons. The van der Waals surface area contributed by atoms with E-state index in [1.807, 2.05) is 0 Å². The second-order valence-corrected chi connectivity index (χ2v) is 8.06. The Bertz CT molecular complexity index is 707. The summed E-state index contributed by atoms with van der Waals surface area (Å²) in [7, 11) is 0. The van der Waals surface area contributed by atoms with Gasteiger partial charge in [0.15, 0.2) is 0 Å². The molecule has 2 fully saturated rings. The van der Waals surface area contributed by atoms with Crippen molar-refractivity contribution in [1.82, 2.24) is 14.9 Å². The molecule has 1 spiro atoms. The Morgan fingerprint density at radius 2 is 1.79 bits per heavy atom. The molecule has 0 saturated heterocycles. The smallest absolute Gasteiger partial charge is 0.414 e. The van der Waals surface area contributed by atoms with E-state index in [9.17, 15) is 4.79 Å². The summed E-state index contributed by atoms with van der Waals surface area (Å²) in [4.78, 5) is 41.1. The van der Waals surface area contributed by atoms with Crippen LogP contribution in [0.3, 0.4) is 0 Å². The largest absolute Gasteiger partial charge is 0.473 e. The maximum Gasteiger partial charge on any atom is 0.414 e. The first-order valence-corrected chi connectivity index (χ1v) is 10.2. The van der Waals surface area contributed by atoms with Crippen LogP contribution in [-0.4, -0.2) is 49.5 Å². The summed E-state index contributed by atoms with van der Waals surface area (Å²) in [6, 6.07) is 0. The maximum atomic E-state index is 12.9. The average Bonchev–Trinajstić information content (AvgIpc) is 3.14. The van der Waals surface area contributed by atoms with Gasteiger partial charge in [-0.1, -0.05) is 32.1 Å². The van der Waals surface area contributed by atoms with E-state index in [1.165, 1.54) is 44.2 Å². The normalized spacial score (nSPS) is 20.5. The zero-order valence-electron chi connectivity index (χ0n) is 16.2. The molecule has 3 N–H and O–H groups in total. The minimum absolute atomic E-state index is 0.0583. The summed E-state index contributed by atoms with van der Waals surface area (Å²) >= 11 is 0. The lowest BCUT2D eigenvalue weighted by atomic mass is 9.70. The Hall–Kier alpha value is -2.38. The Kier molecular flexibility index (Phi) is 6.36. The van der Waals surface area contributed by atoms with Crippen LogP contribution in [0.25, 0.3) is 0 Å². The number of aromatic nitrogens is 2. The predicted molar refractivity (Wildman–Crippen MR) is 101 cm³/mol. The van der Waals surface area contributed by atoms with Crippen molar-refractivity contribution in [2.24, 2.45) is 5.92 Å². The van der Waals surface area contributed by atoms with Gasteiger partial charge in [-0.2, -0.15) is 0 Å². The Balaban J connectivity index is 0.000000330. The first-order chi connectivity index (χ1) is 13.4. The molecule has 2 heterocycles. The van der Waals surface area contributed by atoms with Gasteiger partial charge in [0.1, 0.15) is 0 Å². The molecular formula is C20H29N3O5. The van der Waals surface area contributed by atoms with Gasteiger partial charge >= 0.3 is 11.9 Å². The zero-order chi connectivity index (χ0) is 20.1. The highest BCUT2D eigenvalue weighted by atomic mass is 16.4. The number of H-pyrrole nitrogens is 1. The van der Waals surface area contributed by atoms with E-state index in [0.717, 1.165) is 50.3 Å². The van der Waals surface area contributed by atoms with E-state index >= 15 is 0 Å². The Morgan fingerprint density at radius 3 is 2.36 bits per heavy atom. The highest BCUT2D eigenvalue weighted by Gasteiger charge is 2.50. The van der Waals surface area contributed by atoms with Crippen molar-refractivity contribution in [3.8, 4) is 0 Å². The van der Waals surface area contributed by atoms with Crippen molar-refractivity contribution >= 4 is 17.8 Å². The molecule has 3 aliphatic rings. The van der Waals surface area contributed by atoms with Crippen molar-refractivity contribution < 1.29 is 24.6 Å². The molecule has 8 heteroatoms. The van der Waals surface area contributed by atoms with Gasteiger partial charge < -0.3 is 20.1 Å².